The van der Waals surface area contributed by atoms with Crippen molar-refractivity contribution in [2.45, 2.75) is 6.42 Å². The van der Waals surface area contributed by atoms with Crippen molar-refractivity contribution in [3.05, 3.63) is 60.2 Å². The fourth-order valence-electron chi connectivity index (χ4n) is 1.09. The molecular weight excluding hydrogens is 285 g/mol. The van der Waals surface area contributed by atoms with Crippen molar-refractivity contribution in [2.75, 3.05) is 6.54 Å². The molecule has 0 heterocycles. The Balaban J connectivity index is 2.84. The standard InChI is InChI=1S/C12H14IN/c13-14-11-10-12-8-6-4-2-1-3-5-7-9-12/h1-9,14H,10-11H2. The quantitative estimate of drug-likeness (QED) is 0.667. The largest absolute Gasteiger partial charge is 0.261 e. The zero-order valence-electron chi connectivity index (χ0n) is 7.99. The molecule has 1 aromatic rings. The molecule has 0 unspecified atom stereocenters. The molecule has 1 nitrogen and oxygen atoms in total. The molecule has 0 aliphatic rings. The molecule has 14 heavy (non-hydrogen) atoms. The third kappa shape index (κ3) is 5.19. The fraction of sp³-hybridized carbons (Fsp3) is 0.167. The maximum Gasteiger partial charge on any atom is 0.0169 e. The van der Waals surface area contributed by atoms with Crippen LogP contribution in [-0.4, -0.2) is 6.54 Å². The van der Waals surface area contributed by atoms with Crippen LogP contribution in [0.4, 0.5) is 0 Å². The Hall–Kier alpha value is -0.610. The van der Waals surface area contributed by atoms with Gasteiger partial charge in [-0.2, -0.15) is 0 Å². The van der Waals surface area contributed by atoms with Crippen LogP contribution >= 0.6 is 22.9 Å². The van der Waals surface area contributed by atoms with E-state index in [2.05, 4.69) is 50.7 Å². The van der Waals surface area contributed by atoms with Crippen LogP contribution in [0.2, 0.25) is 0 Å². The summed E-state index contributed by atoms with van der Waals surface area (Å²) in [6, 6.07) is 18.6. The maximum absolute atomic E-state index is 3.12. The highest BCUT2D eigenvalue weighted by molar-refractivity contribution is 14.1. The van der Waals surface area contributed by atoms with E-state index in [9.17, 15) is 0 Å². The van der Waals surface area contributed by atoms with E-state index in [0.717, 1.165) is 13.0 Å². The first-order chi connectivity index (χ1) is 6.93. The van der Waals surface area contributed by atoms with E-state index in [4.69, 9.17) is 0 Å². The molecule has 0 amide bonds. The highest BCUT2D eigenvalue weighted by Crippen LogP contribution is 1.96. The Morgan fingerprint density at radius 3 is 1.86 bits per heavy atom. The molecule has 0 spiro atoms. The molecule has 1 rings (SSSR count). The van der Waals surface area contributed by atoms with Gasteiger partial charge in [0.1, 0.15) is 0 Å². The Bertz CT molecular complexity index is 286. The van der Waals surface area contributed by atoms with Gasteiger partial charge in [-0.05, 0) is 12.0 Å². The van der Waals surface area contributed by atoms with Gasteiger partial charge in [0.05, 0.1) is 0 Å². The lowest BCUT2D eigenvalue weighted by molar-refractivity contribution is 0.933. The molecule has 74 valence electrons. The zero-order chi connectivity index (χ0) is 10.1. The van der Waals surface area contributed by atoms with Gasteiger partial charge in [0, 0.05) is 29.4 Å². The summed E-state index contributed by atoms with van der Waals surface area (Å²) in [5.41, 5.74) is 1.34. The van der Waals surface area contributed by atoms with Crippen molar-refractivity contribution in [2.24, 2.45) is 0 Å². The van der Waals surface area contributed by atoms with Gasteiger partial charge in [-0.1, -0.05) is 54.6 Å². The van der Waals surface area contributed by atoms with Crippen LogP contribution in [0.3, 0.4) is 0 Å². The molecule has 0 fully saturated rings. The SMILES string of the molecule is INCCc1ccccccccc1. The van der Waals surface area contributed by atoms with Gasteiger partial charge >= 0.3 is 0 Å². The van der Waals surface area contributed by atoms with E-state index in [1.807, 2.05) is 30.3 Å². The number of hydrogen-bond donors (Lipinski definition) is 1. The summed E-state index contributed by atoms with van der Waals surface area (Å²) < 4.78 is 3.12. The first-order valence-corrected chi connectivity index (χ1v) is 5.72. The Kier molecular flexibility index (Phi) is 6.36. The van der Waals surface area contributed by atoms with Gasteiger partial charge in [-0.3, -0.25) is 3.53 Å². The highest BCUT2D eigenvalue weighted by atomic mass is 127. The minimum atomic E-state index is 1.00. The molecule has 0 radical (unpaired) electrons. The van der Waals surface area contributed by atoms with Crippen molar-refractivity contribution >= 4 is 22.9 Å². The summed E-state index contributed by atoms with van der Waals surface area (Å²) in [5.74, 6) is 0. The lowest BCUT2D eigenvalue weighted by Gasteiger charge is -1.95. The molecule has 0 aliphatic heterocycles. The van der Waals surface area contributed by atoms with E-state index >= 15 is 0 Å². The maximum atomic E-state index is 3.12. The predicted octanol–water partition coefficient (Wildman–Crippen LogP) is 3.29. The Morgan fingerprint density at radius 2 is 1.36 bits per heavy atom. The summed E-state index contributed by atoms with van der Waals surface area (Å²) in [4.78, 5) is 0. The summed E-state index contributed by atoms with van der Waals surface area (Å²) in [5, 5.41) is 0. The molecule has 2 heteroatoms. The van der Waals surface area contributed by atoms with Crippen LogP contribution in [-0.2, 0) is 6.42 Å². The fourth-order valence-corrected chi connectivity index (χ4v) is 1.36. The van der Waals surface area contributed by atoms with Crippen LogP contribution in [0.15, 0.2) is 54.6 Å². The van der Waals surface area contributed by atoms with Gasteiger partial charge < -0.3 is 0 Å². The molecular formula is C12H14IN. The van der Waals surface area contributed by atoms with E-state index in [1.165, 1.54) is 5.56 Å². The van der Waals surface area contributed by atoms with Crippen LogP contribution in [0, 0.1) is 0 Å². The molecule has 0 saturated heterocycles. The first-order valence-electron chi connectivity index (χ1n) is 4.64. The van der Waals surface area contributed by atoms with Gasteiger partial charge in [0.15, 0.2) is 0 Å². The third-order valence-corrected chi connectivity index (χ3v) is 2.33. The van der Waals surface area contributed by atoms with Crippen molar-refractivity contribution in [1.29, 1.82) is 0 Å². The van der Waals surface area contributed by atoms with E-state index in [-0.39, 0.29) is 0 Å². The summed E-state index contributed by atoms with van der Waals surface area (Å²) in [7, 11) is 0. The van der Waals surface area contributed by atoms with Crippen molar-refractivity contribution in [1.82, 2.24) is 3.53 Å². The second-order valence-corrected chi connectivity index (χ2v) is 3.65. The highest BCUT2D eigenvalue weighted by Gasteiger charge is 1.86. The minimum absolute atomic E-state index is 1.00. The smallest absolute Gasteiger partial charge is 0.0169 e. The topological polar surface area (TPSA) is 12.0 Å². The first kappa shape index (κ1) is 11.5. The number of halogens is 1. The van der Waals surface area contributed by atoms with Gasteiger partial charge in [0.2, 0.25) is 0 Å². The zero-order valence-corrected chi connectivity index (χ0v) is 10.1. The summed E-state index contributed by atoms with van der Waals surface area (Å²) in [6.45, 7) is 1.00. The van der Waals surface area contributed by atoms with Gasteiger partial charge in [0.25, 0.3) is 0 Å². The molecule has 0 aliphatic carbocycles. The van der Waals surface area contributed by atoms with Crippen LogP contribution in [0.5, 0.6) is 0 Å². The monoisotopic (exact) mass is 299 g/mol. The predicted molar refractivity (Wildman–Crippen MR) is 69.8 cm³/mol. The average Bonchev–Trinajstić information content (AvgIpc) is 2.23. The van der Waals surface area contributed by atoms with Crippen molar-refractivity contribution in [3.63, 3.8) is 0 Å². The summed E-state index contributed by atoms with van der Waals surface area (Å²) in [6.07, 6.45) is 1.06. The van der Waals surface area contributed by atoms with E-state index in [0.29, 0.717) is 0 Å². The average molecular weight is 299 g/mol. The van der Waals surface area contributed by atoms with Crippen LogP contribution < -0.4 is 3.53 Å². The third-order valence-electron chi connectivity index (χ3n) is 1.80. The summed E-state index contributed by atoms with van der Waals surface area (Å²) >= 11 is 2.17. The molecule has 0 atom stereocenters. The second-order valence-electron chi connectivity index (χ2n) is 2.89. The van der Waals surface area contributed by atoms with Gasteiger partial charge in [-0.15, -0.1) is 0 Å². The molecule has 0 saturated carbocycles. The van der Waals surface area contributed by atoms with Crippen molar-refractivity contribution in [3.8, 4) is 0 Å². The van der Waals surface area contributed by atoms with Crippen LogP contribution in [0.25, 0.3) is 0 Å². The Morgan fingerprint density at radius 1 is 0.857 bits per heavy atom. The Labute approximate surface area is 99.4 Å². The van der Waals surface area contributed by atoms with Crippen molar-refractivity contribution < 1.29 is 0 Å². The second kappa shape index (κ2) is 7.76. The number of rotatable bonds is 3. The minimum Gasteiger partial charge on any atom is -0.261 e. The lowest BCUT2D eigenvalue weighted by atomic mass is 10.2. The molecule has 0 bridgehead atoms. The molecule has 1 aromatic carbocycles. The van der Waals surface area contributed by atoms with Crippen LogP contribution in [0.1, 0.15) is 5.56 Å². The van der Waals surface area contributed by atoms with E-state index < -0.39 is 0 Å². The number of hydrogen-bond acceptors (Lipinski definition) is 1. The number of nitrogens with one attached hydrogen (secondary N) is 1. The molecule has 0 aromatic heterocycles. The normalized spacial score (nSPS) is 9.21. The lowest BCUT2D eigenvalue weighted by Crippen LogP contribution is -2.02. The van der Waals surface area contributed by atoms with E-state index in [1.54, 1.807) is 0 Å². The molecule has 1 N–H and O–H groups in total. The van der Waals surface area contributed by atoms with Gasteiger partial charge in [-0.25, -0.2) is 0 Å².